The molecule has 2 aromatic rings. The molecule has 0 aliphatic rings. The van der Waals surface area contributed by atoms with Gasteiger partial charge in [-0.15, -0.1) is 0 Å². The molecular weight excluding hydrogens is 282 g/mol. The number of nitrogens with zero attached hydrogens (tertiary/aromatic N) is 2. The van der Waals surface area contributed by atoms with Crippen molar-refractivity contribution in [2.45, 2.75) is 26.8 Å². The number of pyridine rings is 1. The molecular formula is C16H21N3OS. The fourth-order valence-corrected chi connectivity index (χ4v) is 2.73. The van der Waals surface area contributed by atoms with Crippen LogP contribution in [0.3, 0.4) is 0 Å². The van der Waals surface area contributed by atoms with Crippen molar-refractivity contribution in [1.29, 1.82) is 0 Å². The van der Waals surface area contributed by atoms with E-state index < -0.39 is 0 Å². The first-order valence-corrected chi connectivity index (χ1v) is 8.03. The Labute approximate surface area is 129 Å². The number of hydrogen-bond donors (Lipinski definition) is 1. The molecule has 0 aliphatic heterocycles. The van der Waals surface area contributed by atoms with Gasteiger partial charge in [-0.2, -0.15) is 11.3 Å². The van der Waals surface area contributed by atoms with E-state index >= 15 is 0 Å². The lowest BCUT2D eigenvalue weighted by Gasteiger charge is -2.19. The summed E-state index contributed by atoms with van der Waals surface area (Å²) < 4.78 is 0. The van der Waals surface area contributed by atoms with Gasteiger partial charge in [0.25, 0.3) is 5.91 Å². The predicted molar refractivity (Wildman–Crippen MR) is 87.9 cm³/mol. The molecule has 2 heterocycles. The van der Waals surface area contributed by atoms with Crippen LogP contribution in [-0.2, 0) is 6.54 Å². The number of amides is 1. The molecule has 0 bridgehead atoms. The van der Waals surface area contributed by atoms with Crippen LogP contribution in [0.4, 0.5) is 5.69 Å². The van der Waals surface area contributed by atoms with E-state index in [-0.39, 0.29) is 5.91 Å². The zero-order chi connectivity index (χ0) is 15.2. The first-order valence-electron chi connectivity index (χ1n) is 7.09. The molecule has 112 valence electrons. The van der Waals surface area contributed by atoms with Gasteiger partial charge >= 0.3 is 0 Å². The molecule has 1 amide bonds. The number of aryl methyl sites for hydroxylation is 1. The lowest BCUT2D eigenvalue weighted by atomic mass is 10.1. The van der Waals surface area contributed by atoms with E-state index in [9.17, 15) is 4.79 Å². The molecule has 2 aromatic heterocycles. The SMILES string of the molecule is CCCNc1cc(C)ncc1C(=O)N(C)Cc1ccsc1. The number of thiophene rings is 1. The third kappa shape index (κ3) is 4.04. The second-order valence-corrected chi connectivity index (χ2v) is 5.87. The van der Waals surface area contributed by atoms with Crippen molar-refractivity contribution in [3.8, 4) is 0 Å². The minimum atomic E-state index is -0.00713. The fraction of sp³-hybridized carbons (Fsp3) is 0.375. The fourth-order valence-electron chi connectivity index (χ4n) is 2.07. The average molecular weight is 303 g/mol. The molecule has 5 heteroatoms. The van der Waals surface area contributed by atoms with Gasteiger partial charge < -0.3 is 10.2 Å². The molecule has 0 aromatic carbocycles. The monoisotopic (exact) mass is 303 g/mol. The van der Waals surface area contributed by atoms with Gasteiger partial charge in [0.05, 0.1) is 11.3 Å². The lowest BCUT2D eigenvalue weighted by molar-refractivity contribution is 0.0786. The highest BCUT2D eigenvalue weighted by Gasteiger charge is 2.17. The smallest absolute Gasteiger partial charge is 0.257 e. The first-order chi connectivity index (χ1) is 10.1. The summed E-state index contributed by atoms with van der Waals surface area (Å²) in [6.45, 7) is 5.49. The number of anilines is 1. The predicted octanol–water partition coefficient (Wildman–Crippen LogP) is 3.55. The van der Waals surface area contributed by atoms with Crippen LogP contribution in [0.25, 0.3) is 0 Å². The average Bonchev–Trinajstić information content (AvgIpc) is 2.97. The van der Waals surface area contributed by atoms with Crippen LogP contribution in [0, 0.1) is 6.92 Å². The highest BCUT2D eigenvalue weighted by atomic mass is 32.1. The second-order valence-electron chi connectivity index (χ2n) is 5.09. The van der Waals surface area contributed by atoms with E-state index in [1.165, 1.54) is 0 Å². The Balaban J connectivity index is 2.17. The Hall–Kier alpha value is -1.88. The Morgan fingerprint density at radius 3 is 2.95 bits per heavy atom. The summed E-state index contributed by atoms with van der Waals surface area (Å²) in [5.41, 5.74) is 3.56. The van der Waals surface area contributed by atoms with E-state index in [1.807, 2.05) is 31.5 Å². The van der Waals surface area contributed by atoms with Gasteiger partial charge in [-0.05, 0) is 41.8 Å². The number of nitrogens with one attached hydrogen (secondary N) is 1. The summed E-state index contributed by atoms with van der Waals surface area (Å²) in [5, 5.41) is 7.40. The summed E-state index contributed by atoms with van der Waals surface area (Å²) in [6.07, 6.45) is 2.68. The molecule has 0 saturated carbocycles. The first kappa shape index (κ1) is 15.5. The van der Waals surface area contributed by atoms with Gasteiger partial charge in [0.15, 0.2) is 0 Å². The highest BCUT2D eigenvalue weighted by Crippen LogP contribution is 2.19. The van der Waals surface area contributed by atoms with E-state index in [0.29, 0.717) is 12.1 Å². The summed E-state index contributed by atoms with van der Waals surface area (Å²) in [7, 11) is 1.82. The van der Waals surface area contributed by atoms with Gasteiger partial charge in [0.2, 0.25) is 0 Å². The van der Waals surface area contributed by atoms with Crippen molar-refractivity contribution in [2.24, 2.45) is 0 Å². The van der Waals surface area contributed by atoms with Crippen LogP contribution >= 0.6 is 11.3 Å². The lowest BCUT2D eigenvalue weighted by Crippen LogP contribution is -2.27. The molecule has 0 aliphatic carbocycles. The van der Waals surface area contributed by atoms with Crippen molar-refractivity contribution >= 4 is 22.9 Å². The Morgan fingerprint density at radius 2 is 2.29 bits per heavy atom. The van der Waals surface area contributed by atoms with Crippen LogP contribution in [0.1, 0.15) is 35.0 Å². The van der Waals surface area contributed by atoms with Crippen molar-refractivity contribution in [1.82, 2.24) is 9.88 Å². The maximum Gasteiger partial charge on any atom is 0.257 e. The van der Waals surface area contributed by atoms with Gasteiger partial charge in [0, 0.05) is 32.0 Å². The summed E-state index contributed by atoms with van der Waals surface area (Å²) in [5.74, 6) is -0.00713. The highest BCUT2D eigenvalue weighted by molar-refractivity contribution is 7.07. The molecule has 0 saturated heterocycles. The number of rotatable bonds is 6. The molecule has 0 spiro atoms. The second kappa shape index (κ2) is 7.22. The van der Waals surface area contributed by atoms with Crippen LogP contribution in [-0.4, -0.2) is 29.4 Å². The molecule has 0 unspecified atom stereocenters. The van der Waals surface area contributed by atoms with Crippen LogP contribution in [0.15, 0.2) is 29.1 Å². The quantitative estimate of drug-likeness (QED) is 0.887. The molecule has 4 nitrogen and oxygen atoms in total. The van der Waals surface area contributed by atoms with Crippen molar-refractivity contribution in [3.05, 3.63) is 45.9 Å². The minimum Gasteiger partial charge on any atom is -0.384 e. The van der Waals surface area contributed by atoms with E-state index in [0.717, 1.165) is 29.9 Å². The molecule has 1 N–H and O–H groups in total. The summed E-state index contributed by atoms with van der Waals surface area (Å²) in [4.78, 5) is 18.6. The number of hydrogen-bond acceptors (Lipinski definition) is 4. The van der Waals surface area contributed by atoms with Gasteiger partial charge in [-0.1, -0.05) is 6.92 Å². The zero-order valence-corrected chi connectivity index (χ0v) is 13.5. The minimum absolute atomic E-state index is 0.00713. The number of aromatic nitrogens is 1. The van der Waals surface area contributed by atoms with E-state index in [4.69, 9.17) is 0 Å². The van der Waals surface area contributed by atoms with Crippen LogP contribution in [0.2, 0.25) is 0 Å². The van der Waals surface area contributed by atoms with Crippen LogP contribution < -0.4 is 5.32 Å². The normalized spacial score (nSPS) is 10.4. The Kier molecular flexibility index (Phi) is 5.33. The Bertz CT molecular complexity index is 596. The summed E-state index contributed by atoms with van der Waals surface area (Å²) >= 11 is 1.64. The van der Waals surface area contributed by atoms with Gasteiger partial charge in [0.1, 0.15) is 0 Å². The third-order valence-corrected chi connectivity index (χ3v) is 3.92. The molecule has 2 rings (SSSR count). The summed E-state index contributed by atoms with van der Waals surface area (Å²) in [6, 6.07) is 3.97. The van der Waals surface area contributed by atoms with Crippen molar-refractivity contribution in [3.63, 3.8) is 0 Å². The van der Waals surface area contributed by atoms with Gasteiger partial charge in [-0.3, -0.25) is 9.78 Å². The number of carbonyl (C=O) groups excluding carboxylic acids is 1. The van der Waals surface area contributed by atoms with Gasteiger partial charge in [-0.25, -0.2) is 0 Å². The third-order valence-electron chi connectivity index (χ3n) is 3.18. The van der Waals surface area contributed by atoms with Crippen LogP contribution in [0.5, 0.6) is 0 Å². The molecule has 0 radical (unpaired) electrons. The topological polar surface area (TPSA) is 45.2 Å². The van der Waals surface area contributed by atoms with E-state index in [2.05, 4.69) is 22.6 Å². The number of carbonyl (C=O) groups is 1. The largest absolute Gasteiger partial charge is 0.384 e. The molecule has 0 atom stereocenters. The van der Waals surface area contributed by atoms with Crippen molar-refractivity contribution < 1.29 is 4.79 Å². The zero-order valence-electron chi connectivity index (χ0n) is 12.7. The maximum absolute atomic E-state index is 12.6. The standard InChI is InChI=1S/C16H21N3OS/c1-4-6-17-15-8-12(2)18-9-14(15)16(20)19(3)10-13-5-7-21-11-13/h5,7-9,11H,4,6,10H2,1-3H3,(H,17,18). The van der Waals surface area contributed by atoms with E-state index in [1.54, 1.807) is 22.4 Å². The molecule has 21 heavy (non-hydrogen) atoms. The van der Waals surface area contributed by atoms with Crippen molar-refractivity contribution in [2.75, 3.05) is 18.9 Å². The maximum atomic E-state index is 12.6. The Morgan fingerprint density at radius 1 is 1.48 bits per heavy atom. The molecule has 0 fully saturated rings.